The third-order valence-corrected chi connectivity index (χ3v) is 13.7. The fraction of sp³-hybridized carbons (Fsp3) is 0.143. The molecule has 17 nitrogen and oxygen atoms in total. The highest BCUT2D eigenvalue weighted by molar-refractivity contribution is 7.13. The van der Waals surface area contributed by atoms with Crippen LogP contribution in [0.2, 0.25) is 5.02 Å². The van der Waals surface area contributed by atoms with E-state index in [1.165, 1.54) is 77.8 Å². The first kappa shape index (κ1) is 70.7. The van der Waals surface area contributed by atoms with Gasteiger partial charge in [0.15, 0.2) is 18.6 Å². The van der Waals surface area contributed by atoms with E-state index in [9.17, 15) is 77.2 Å². The summed E-state index contributed by atoms with van der Waals surface area (Å²) in [7, 11) is 1.56. The normalized spacial score (nSPS) is 12.8. The average molecular weight is 1360 g/mol. The van der Waals surface area contributed by atoms with Crippen LogP contribution >= 0.6 is 22.9 Å². The number of para-hydroxylation sites is 1. The number of nitrogens with one attached hydrogen (secondary N) is 2. The maximum Gasteiger partial charge on any atom is 0.445 e. The zero-order valence-corrected chi connectivity index (χ0v) is 50.1. The fourth-order valence-electron chi connectivity index (χ4n) is 8.23. The molecule has 1 unspecified atom stereocenters. The zero-order chi connectivity index (χ0) is 68.7. The molecule has 0 aliphatic carbocycles. The number of carbonyl (C=O) groups excluding carboxylic acids is 3. The Kier molecular flexibility index (Phi) is 23.4. The van der Waals surface area contributed by atoms with Crippen LogP contribution in [0.3, 0.4) is 0 Å². The van der Waals surface area contributed by atoms with E-state index in [4.69, 9.17) is 36.3 Å². The highest BCUT2D eigenvalue weighted by Gasteiger charge is 2.39. The van der Waals surface area contributed by atoms with Gasteiger partial charge in [0.05, 0.1) is 27.3 Å². The van der Waals surface area contributed by atoms with E-state index in [0.717, 1.165) is 42.5 Å². The summed E-state index contributed by atoms with van der Waals surface area (Å²) in [4.78, 5) is 52.7. The molecule has 490 valence electrons. The molecule has 9 aromatic rings. The van der Waals surface area contributed by atoms with Gasteiger partial charge in [0, 0.05) is 42.7 Å². The molecule has 7 aromatic carbocycles. The smallest absolute Gasteiger partial charge is 0.445 e. The Labute approximate surface area is 534 Å². The predicted octanol–water partition coefficient (Wildman–Crippen LogP) is 16.5. The molecule has 0 saturated heterocycles. The van der Waals surface area contributed by atoms with Crippen molar-refractivity contribution in [3.63, 3.8) is 0 Å². The van der Waals surface area contributed by atoms with Crippen molar-refractivity contribution >= 4 is 68.9 Å². The summed E-state index contributed by atoms with van der Waals surface area (Å²) < 4.78 is 176. The Morgan fingerprint density at radius 3 is 1.95 bits per heavy atom. The van der Waals surface area contributed by atoms with Crippen LogP contribution in [0.15, 0.2) is 188 Å². The van der Waals surface area contributed by atoms with Crippen molar-refractivity contribution < 1.29 is 90.9 Å². The predicted molar refractivity (Wildman–Crippen MR) is 321 cm³/mol. The molecule has 0 spiro atoms. The van der Waals surface area contributed by atoms with Crippen LogP contribution in [0.5, 0.6) is 28.3 Å². The molecule has 0 fully saturated rings. The third kappa shape index (κ3) is 18.9. The van der Waals surface area contributed by atoms with Crippen molar-refractivity contribution in [2.24, 2.45) is 0 Å². The van der Waals surface area contributed by atoms with Gasteiger partial charge in [-0.2, -0.15) is 39.5 Å². The van der Waals surface area contributed by atoms with E-state index in [1.807, 2.05) is 12.1 Å². The molecule has 2 aromatic heterocycles. The second-order valence-corrected chi connectivity index (χ2v) is 20.7. The van der Waals surface area contributed by atoms with E-state index in [0.29, 0.717) is 23.1 Å². The Morgan fingerprint density at radius 2 is 1.35 bits per heavy atom. The minimum absolute atomic E-state index is 0.0352. The SMILES string of the molecule is CC(C)N(C(=O)COc1nnc(C(F)(F)F)s1)c1ccc(F)cc1.CNC1=C(c2cccc(C(F)(F)F)c2)C(=O)C(c2ccccc2)O1.Nc1c([N+](=O)[O-])ccc(Oc2ccccc2)c1Cl.O=C(Nc1ccc(F)cc1F)c1cccnc1Oc1cccc(C(F)(F)F)c1. The van der Waals surface area contributed by atoms with Crippen LogP contribution in [0.1, 0.15) is 57.6 Å². The molecule has 31 heteroatoms. The van der Waals surface area contributed by atoms with Gasteiger partial charge in [0.25, 0.3) is 22.7 Å². The number of nitrogen functional groups attached to an aromatic ring is 1. The summed E-state index contributed by atoms with van der Waals surface area (Å²) in [6, 6.07) is 39.5. The summed E-state index contributed by atoms with van der Waals surface area (Å²) >= 11 is 6.15. The van der Waals surface area contributed by atoms with Crippen LogP contribution < -0.4 is 35.5 Å². The number of halogens is 13. The van der Waals surface area contributed by atoms with Gasteiger partial charge < -0.3 is 40.2 Å². The number of pyridine rings is 1. The lowest BCUT2D eigenvalue weighted by atomic mass is 9.96. The van der Waals surface area contributed by atoms with Gasteiger partial charge in [-0.15, -0.1) is 5.10 Å². The van der Waals surface area contributed by atoms with Gasteiger partial charge in [0.2, 0.25) is 16.7 Å². The summed E-state index contributed by atoms with van der Waals surface area (Å²) in [5, 5.41) is 20.4. The number of hydrogen-bond donors (Lipinski definition) is 3. The van der Waals surface area contributed by atoms with Crippen molar-refractivity contribution in [2.75, 3.05) is 29.6 Å². The minimum Gasteiger partial charge on any atom is -0.462 e. The number of ketones is 1. The van der Waals surface area contributed by atoms with Crippen LogP contribution in [-0.2, 0) is 32.9 Å². The Hall–Kier alpha value is -10.8. The Morgan fingerprint density at radius 1 is 0.734 bits per heavy atom. The lowest BCUT2D eigenvalue weighted by Crippen LogP contribution is -2.40. The van der Waals surface area contributed by atoms with Gasteiger partial charge in [-0.05, 0) is 116 Å². The summed E-state index contributed by atoms with van der Waals surface area (Å²) in [5.74, 6) is -3.38. The van der Waals surface area contributed by atoms with E-state index < -0.39 is 81.6 Å². The highest BCUT2D eigenvalue weighted by atomic mass is 35.5. The van der Waals surface area contributed by atoms with Gasteiger partial charge in [0.1, 0.15) is 51.0 Å². The lowest BCUT2D eigenvalue weighted by molar-refractivity contribution is -0.383. The molecular weight excluding hydrogens is 1310 g/mol. The quantitative estimate of drug-likeness (QED) is 0.0376. The van der Waals surface area contributed by atoms with E-state index >= 15 is 0 Å². The standard InChI is InChI=1S/C19H11F5N2O2.C18H14F3NO2.C14H13F4N3O2S.C12H9ClN2O3/c20-12-6-7-16(15(21)10-12)26-17(27)14-5-2-8-25-18(14)28-13-4-1-3-11(9-13)19(22,23)24;1-22-17-14(12-8-5-9-13(10-12)18(19,20)21)15(23)16(24-17)11-6-3-2-4-7-11;1-8(2)21(10-5-3-9(15)4-6-10)11(22)7-23-13-20-19-12(24-13)14(16,17)18;13-11-10(18-8-4-2-1-3-5-8)7-6-9(12(11)14)15(16)17/h1-10H,(H,26,27);2-10,16,22H,1H3;3-6,8H,7H2,1-2H3;1-7H,14H2. The first-order chi connectivity index (χ1) is 44.4. The average Bonchev–Trinajstić information content (AvgIpc) is 1.61. The van der Waals surface area contributed by atoms with Crippen molar-refractivity contribution in [3.05, 3.63) is 253 Å². The van der Waals surface area contributed by atoms with Crippen LogP contribution in [0, 0.1) is 27.6 Å². The van der Waals surface area contributed by atoms with Crippen molar-refractivity contribution in [3.8, 4) is 28.3 Å². The molecule has 10 rings (SSSR count). The number of hydrogen-bond acceptors (Lipinski definition) is 15. The number of alkyl halides is 9. The van der Waals surface area contributed by atoms with Crippen LogP contribution in [0.4, 0.5) is 75.4 Å². The number of Topliss-reactive ketones (excluding diaryl/α,β-unsaturated/α-hetero) is 1. The monoisotopic (exact) mass is 1350 g/mol. The number of nitrogens with zero attached hydrogens (tertiary/aromatic N) is 5. The second kappa shape index (κ2) is 31.0. The van der Waals surface area contributed by atoms with Gasteiger partial charge >= 0.3 is 18.5 Å². The Balaban J connectivity index is 0.000000179. The summed E-state index contributed by atoms with van der Waals surface area (Å²) in [5.41, 5.74) is 4.49. The van der Waals surface area contributed by atoms with Crippen LogP contribution in [0.25, 0.3) is 5.57 Å². The number of nitro groups is 1. The van der Waals surface area contributed by atoms with Crippen molar-refractivity contribution in [2.45, 2.75) is 44.5 Å². The maximum atomic E-state index is 13.7. The summed E-state index contributed by atoms with van der Waals surface area (Å²) in [6.45, 7) is 2.98. The van der Waals surface area contributed by atoms with E-state index in [-0.39, 0.29) is 90.4 Å². The van der Waals surface area contributed by atoms with Gasteiger partial charge in [-0.3, -0.25) is 24.5 Å². The van der Waals surface area contributed by atoms with E-state index in [1.54, 1.807) is 69.4 Å². The van der Waals surface area contributed by atoms with Crippen molar-refractivity contribution in [1.29, 1.82) is 0 Å². The van der Waals surface area contributed by atoms with Crippen molar-refractivity contribution in [1.82, 2.24) is 20.5 Å². The molecule has 3 heterocycles. The second-order valence-electron chi connectivity index (χ2n) is 19.3. The molecule has 1 aliphatic rings. The van der Waals surface area contributed by atoms with Crippen LogP contribution in [-0.4, -0.2) is 57.4 Å². The molecular formula is C63H47ClF12N8O9S. The fourth-order valence-corrected chi connectivity index (χ4v) is 8.99. The molecule has 1 aliphatic heterocycles. The first-order valence-electron chi connectivity index (χ1n) is 26.9. The number of amides is 2. The number of carbonyl (C=O) groups is 3. The molecule has 0 radical (unpaired) electrons. The molecule has 2 amide bonds. The number of nitrogens with two attached hydrogens (primary N) is 1. The number of ether oxygens (including phenoxy) is 4. The molecule has 0 bridgehead atoms. The van der Waals surface area contributed by atoms with E-state index in [2.05, 4.69) is 25.8 Å². The maximum absolute atomic E-state index is 13.7. The van der Waals surface area contributed by atoms with Gasteiger partial charge in [-0.1, -0.05) is 94.8 Å². The minimum atomic E-state index is -4.61. The molecule has 94 heavy (non-hydrogen) atoms. The molecule has 1 atom stereocenters. The molecule has 4 N–H and O–H groups in total. The Bertz CT molecular complexity index is 4170. The number of aromatic nitrogens is 3. The number of nitro benzene ring substituents is 1. The zero-order valence-electron chi connectivity index (χ0n) is 48.5. The number of benzene rings is 7. The summed E-state index contributed by atoms with van der Waals surface area (Å²) in [6.07, 6.45) is -13.2. The third-order valence-electron chi connectivity index (χ3n) is 12.5. The number of anilines is 3. The topological polar surface area (TPSA) is 223 Å². The largest absolute Gasteiger partial charge is 0.462 e. The highest BCUT2D eigenvalue weighted by Crippen LogP contribution is 2.41. The number of rotatable bonds is 15. The lowest BCUT2D eigenvalue weighted by Gasteiger charge is -2.26. The molecule has 0 saturated carbocycles. The van der Waals surface area contributed by atoms with Gasteiger partial charge in [-0.25, -0.2) is 18.2 Å². The first-order valence-corrected chi connectivity index (χ1v) is 28.1.